The van der Waals surface area contributed by atoms with E-state index in [0.29, 0.717) is 0 Å². The summed E-state index contributed by atoms with van der Waals surface area (Å²) < 4.78 is 5.44. The molecule has 4 aromatic rings. The molecule has 0 saturated carbocycles. The first-order valence-corrected chi connectivity index (χ1v) is 8.08. The Morgan fingerprint density at radius 3 is 3.00 bits per heavy atom. The third kappa shape index (κ3) is 1.43. The predicted molar refractivity (Wildman–Crippen MR) is 82.6 cm³/mol. The minimum atomic E-state index is 0.921. The van der Waals surface area contributed by atoms with Crippen LogP contribution in [0.25, 0.3) is 33.2 Å². The number of aromatic nitrogens is 4. The number of hydrogen-bond acceptors (Lipinski definition) is 4. The monoisotopic (exact) mass is 296 g/mol. The highest BCUT2D eigenvalue weighted by atomic mass is 32.2. The minimum absolute atomic E-state index is 0.921. The zero-order valence-corrected chi connectivity index (χ0v) is 12.2. The van der Waals surface area contributed by atoms with Crippen molar-refractivity contribution in [2.24, 2.45) is 0 Å². The molecule has 5 nitrogen and oxygen atoms in total. The number of thioether (sulfide) groups is 1. The van der Waals surface area contributed by atoms with Crippen molar-refractivity contribution in [1.29, 1.82) is 0 Å². The van der Waals surface area contributed by atoms with Gasteiger partial charge in [-0.15, -0.1) is 0 Å². The molecule has 0 bridgehead atoms. The Labute approximate surface area is 124 Å². The van der Waals surface area contributed by atoms with Gasteiger partial charge in [0.15, 0.2) is 5.09 Å². The average molecular weight is 296 g/mol. The van der Waals surface area contributed by atoms with Crippen molar-refractivity contribution in [3.05, 3.63) is 29.5 Å². The first-order chi connectivity index (χ1) is 10.3. The van der Waals surface area contributed by atoms with Crippen LogP contribution in [0.15, 0.2) is 27.9 Å². The van der Waals surface area contributed by atoms with Crippen LogP contribution in [0.5, 0.6) is 0 Å². The Kier molecular flexibility index (Phi) is 2.13. The van der Waals surface area contributed by atoms with E-state index in [4.69, 9.17) is 9.51 Å². The largest absolute Gasteiger partial charge is 0.349 e. The molecule has 1 aliphatic carbocycles. The summed E-state index contributed by atoms with van der Waals surface area (Å²) in [4.78, 5) is 4.81. The van der Waals surface area contributed by atoms with Gasteiger partial charge in [-0.05, 0) is 36.8 Å². The summed E-state index contributed by atoms with van der Waals surface area (Å²) in [5.74, 6) is 0. The molecule has 0 spiro atoms. The van der Waals surface area contributed by atoms with E-state index in [1.54, 1.807) is 11.8 Å². The maximum Gasteiger partial charge on any atom is 0.196 e. The maximum atomic E-state index is 5.44. The standard InChI is InChI=1S/C15H12N4OS/c1-21-15-9-3-2-8-10-4-7-6-16-18-11(7)5-12(10)17-13(8)14(9)19-20-15/h4-6,16,18H,2-3H2,1H3. The molecular formula is C15H12N4OS. The van der Waals surface area contributed by atoms with Gasteiger partial charge in [0.1, 0.15) is 5.69 Å². The van der Waals surface area contributed by atoms with Gasteiger partial charge < -0.3 is 14.7 Å². The van der Waals surface area contributed by atoms with Crippen molar-refractivity contribution in [1.82, 2.24) is 20.3 Å². The second-order valence-electron chi connectivity index (χ2n) is 5.31. The lowest BCUT2D eigenvalue weighted by atomic mass is 9.94. The fourth-order valence-corrected chi connectivity index (χ4v) is 3.79. The second-order valence-corrected chi connectivity index (χ2v) is 6.09. The number of rotatable bonds is 1. The van der Waals surface area contributed by atoms with Gasteiger partial charge in [-0.3, -0.25) is 0 Å². The number of nitrogens with one attached hydrogen (secondary N) is 2. The van der Waals surface area contributed by atoms with Crippen LogP contribution in [0.1, 0.15) is 11.1 Å². The number of benzene rings is 1. The zero-order chi connectivity index (χ0) is 14.0. The summed E-state index contributed by atoms with van der Waals surface area (Å²) in [6, 6.07) is 4.29. The summed E-state index contributed by atoms with van der Waals surface area (Å²) in [7, 11) is 0. The van der Waals surface area contributed by atoms with E-state index in [1.165, 1.54) is 21.9 Å². The van der Waals surface area contributed by atoms with Crippen molar-refractivity contribution in [2.75, 3.05) is 6.26 Å². The van der Waals surface area contributed by atoms with Crippen LogP contribution >= 0.6 is 11.8 Å². The lowest BCUT2D eigenvalue weighted by Crippen LogP contribution is -2.01. The van der Waals surface area contributed by atoms with Crippen molar-refractivity contribution in [2.45, 2.75) is 17.9 Å². The Hall–Kier alpha value is -2.21. The summed E-state index contributed by atoms with van der Waals surface area (Å²) in [6.07, 6.45) is 5.96. The van der Waals surface area contributed by atoms with Crippen molar-refractivity contribution in [3.8, 4) is 11.4 Å². The van der Waals surface area contributed by atoms with Gasteiger partial charge in [-0.2, -0.15) is 0 Å². The molecular weight excluding hydrogens is 284 g/mol. The smallest absolute Gasteiger partial charge is 0.196 e. The van der Waals surface area contributed by atoms with Gasteiger partial charge in [0.25, 0.3) is 0 Å². The van der Waals surface area contributed by atoms with E-state index in [0.717, 1.165) is 40.4 Å². The highest BCUT2D eigenvalue weighted by molar-refractivity contribution is 7.98. The van der Waals surface area contributed by atoms with E-state index in [9.17, 15) is 0 Å². The summed E-state index contributed by atoms with van der Waals surface area (Å²) in [5.41, 5.74) is 6.50. The van der Waals surface area contributed by atoms with E-state index in [2.05, 4.69) is 27.5 Å². The van der Waals surface area contributed by atoms with E-state index in [-0.39, 0.29) is 0 Å². The minimum Gasteiger partial charge on any atom is -0.349 e. The average Bonchev–Trinajstić information content (AvgIpc) is 3.19. The molecule has 5 rings (SSSR count). The molecule has 6 heteroatoms. The van der Waals surface area contributed by atoms with Gasteiger partial charge in [0, 0.05) is 22.5 Å². The van der Waals surface area contributed by atoms with Gasteiger partial charge in [-0.1, -0.05) is 16.9 Å². The second kappa shape index (κ2) is 3.92. The molecule has 21 heavy (non-hydrogen) atoms. The maximum absolute atomic E-state index is 5.44. The molecule has 2 N–H and O–H groups in total. The number of aromatic amines is 2. The van der Waals surface area contributed by atoms with Crippen molar-refractivity contribution in [3.63, 3.8) is 0 Å². The molecule has 0 amide bonds. The molecule has 3 aromatic heterocycles. The SMILES string of the molecule is CSc1onc2c1CCc1c-2nc2cc3[nH][nH]cc3cc12. The van der Waals surface area contributed by atoms with Crippen LogP contribution in [0.2, 0.25) is 0 Å². The molecule has 3 heterocycles. The quantitative estimate of drug-likeness (QED) is 0.527. The molecule has 0 aliphatic heterocycles. The highest BCUT2D eigenvalue weighted by Gasteiger charge is 2.27. The zero-order valence-electron chi connectivity index (χ0n) is 11.4. The normalized spacial score (nSPS) is 13.8. The number of fused-ring (bicyclic) bond motifs is 6. The van der Waals surface area contributed by atoms with Crippen molar-refractivity contribution >= 4 is 33.6 Å². The molecule has 0 unspecified atom stereocenters. The molecule has 0 radical (unpaired) electrons. The van der Waals surface area contributed by atoms with Gasteiger partial charge >= 0.3 is 0 Å². The van der Waals surface area contributed by atoms with Gasteiger partial charge in [0.05, 0.1) is 16.7 Å². The molecule has 1 aliphatic rings. The number of aryl methyl sites for hydroxylation is 1. The Bertz CT molecular complexity index is 994. The topological polar surface area (TPSA) is 70.5 Å². The summed E-state index contributed by atoms with van der Waals surface area (Å²) in [6.45, 7) is 0. The summed E-state index contributed by atoms with van der Waals surface area (Å²) >= 11 is 1.61. The first kappa shape index (κ1) is 11.4. The Balaban J connectivity index is 1.84. The fraction of sp³-hybridized carbons (Fsp3) is 0.200. The highest BCUT2D eigenvalue weighted by Crippen LogP contribution is 2.40. The van der Waals surface area contributed by atoms with Crippen molar-refractivity contribution < 1.29 is 4.52 Å². The van der Waals surface area contributed by atoms with Crippen LogP contribution < -0.4 is 0 Å². The number of hydrogen-bond donors (Lipinski definition) is 2. The molecule has 0 fully saturated rings. The van der Waals surface area contributed by atoms with Crippen LogP contribution in [0.3, 0.4) is 0 Å². The van der Waals surface area contributed by atoms with Gasteiger partial charge in [0.2, 0.25) is 0 Å². The predicted octanol–water partition coefficient (Wildman–Crippen LogP) is 3.52. The van der Waals surface area contributed by atoms with Crippen LogP contribution in [0, 0.1) is 0 Å². The lowest BCUT2D eigenvalue weighted by Gasteiger charge is -2.10. The summed E-state index contributed by atoms with van der Waals surface area (Å²) in [5, 5.41) is 13.7. The van der Waals surface area contributed by atoms with E-state index < -0.39 is 0 Å². The Morgan fingerprint density at radius 1 is 1.19 bits per heavy atom. The molecule has 1 aromatic carbocycles. The van der Waals surface area contributed by atoms with E-state index >= 15 is 0 Å². The molecule has 0 atom stereocenters. The van der Waals surface area contributed by atoms with Crippen LogP contribution in [-0.2, 0) is 12.8 Å². The van der Waals surface area contributed by atoms with Gasteiger partial charge in [-0.25, -0.2) is 4.98 Å². The number of H-pyrrole nitrogens is 2. The molecule has 0 saturated heterocycles. The van der Waals surface area contributed by atoms with Crippen LogP contribution in [-0.4, -0.2) is 26.6 Å². The lowest BCUT2D eigenvalue weighted by molar-refractivity contribution is 0.349. The fourth-order valence-electron chi connectivity index (χ4n) is 3.23. The van der Waals surface area contributed by atoms with Crippen LogP contribution in [0.4, 0.5) is 0 Å². The first-order valence-electron chi connectivity index (χ1n) is 6.86. The number of nitrogens with zero attached hydrogens (tertiary/aromatic N) is 2. The van der Waals surface area contributed by atoms with E-state index in [1.807, 2.05) is 12.5 Å². The molecule has 104 valence electrons. The Morgan fingerprint density at radius 2 is 2.10 bits per heavy atom. The third-order valence-corrected chi connectivity index (χ3v) is 4.92. The third-order valence-electron chi connectivity index (χ3n) is 4.23.